The van der Waals surface area contributed by atoms with Gasteiger partial charge in [-0.1, -0.05) is 54.6 Å². The van der Waals surface area contributed by atoms with Gasteiger partial charge in [-0.3, -0.25) is 0 Å². The Morgan fingerprint density at radius 2 is 1.71 bits per heavy atom. The first-order valence-electron chi connectivity index (χ1n) is 7.30. The van der Waals surface area contributed by atoms with Gasteiger partial charge in [-0.25, -0.2) is 4.79 Å². The molecule has 2 N–H and O–H groups in total. The smallest absolute Gasteiger partial charge is 0.315 e. The summed E-state index contributed by atoms with van der Waals surface area (Å²) in [4.78, 5) is 11.9. The molecule has 0 aromatic heterocycles. The lowest BCUT2D eigenvalue weighted by molar-refractivity contribution is 0.238. The highest BCUT2D eigenvalue weighted by Crippen LogP contribution is 2.10. The minimum Gasteiger partial charge on any atom is -0.338 e. The van der Waals surface area contributed by atoms with Gasteiger partial charge < -0.3 is 10.6 Å². The maximum Gasteiger partial charge on any atom is 0.315 e. The van der Waals surface area contributed by atoms with Gasteiger partial charge in [-0.2, -0.15) is 0 Å². The highest BCUT2D eigenvalue weighted by molar-refractivity contribution is 5.74. The Morgan fingerprint density at radius 1 is 1.05 bits per heavy atom. The van der Waals surface area contributed by atoms with E-state index < -0.39 is 0 Å². The van der Waals surface area contributed by atoms with Crippen molar-refractivity contribution in [1.82, 2.24) is 10.6 Å². The molecule has 0 aliphatic carbocycles. The van der Waals surface area contributed by atoms with Crippen molar-refractivity contribution >= 4 is 6.03 Å². The number of aryl methyl sites for hydroxylation is 1. The first-order valence-corrected chi connectivity index (χ1v) is 7.30. The lowest BCUT2D eigenvalue weighted by atomic mass is 10.1. The molecule has 0 aliphatic heterocycles. The maximum absolute atomic E-state index is 11.9. The third kappa shape index (κ3) is 4.63. The van der Waals surface area contributed by atoms with Crippen LogP contribution in [0.25, 0.3) is 0 Å². The molecule has 2 amide bonds. The maximum atomic E-state index is 11.9. The minimum absolute atomic E-state index is 0.00432. The molecule has 0 aliphatic rings. The molecule has 3 heteroatoms. The molecular weight excluding hydrogens is 260 g/mol. The van der Waals surface area contributed by atoms with Crippen molar-refractivity contribution in [2.75, 3.05) is 6.54 Å². The highest BCUT2D eigenvalue weighted by Gasteiger charge is 2.08. The summed E-state index contributed by atoms with van der Waals surface area (Å²) in [6.07, 6.45) is 0.847. The monoisotopic (exact) mass is 282 g/mol. The fourth-order valence-corrected chi connectivity index (χ4v) is 2.27. The molecule has 1 atom stereocenters. The minimum atomic E-state index is -0.125. The van der Waals surface area contributed by atoms with Gasteiger partial charge in [-0.15, -0.1) is 0 Å². The number of nitrogens with one attached hydrogen (secondary N) is 2. The van der Waals surface area contributed by atoms with Crippen molar-refractivity contribution in [1.29, 1.82) is 0 Å². The highest BCUT2D eigenvalue weighted by atomic mass is 16.2. The summed E-state index contributed by atoms with van der Waals surface area (Å²) in [5.74, 6) is 0. The number of carbonyl (C=O) groups excluding carboxylic acids is 1. The second-order valence-electron chi connectivity index (χ2n) is 5.21. The van der Waals surface area contributed by atoms with Crippen LogP contribution in [0.5, 0.6) is 0 Å². The molecule has 0 spiro atoms. The largest absolute Gasteiger partial charge is 0.338 e. The van der Waals surface area contributed by atoms with E-state index in [-0.39, 0.29) is 12.1 Å². The Balaban J connectivity index is 1.76. The first kappa shape index (κ1) is 15.1. The van der Waals surface area contributed by atoms with E-state index in [1.807, 2.05) is 49.4 Å². The first-order chi connectivity index (χ1) is 10.2. The van der Waals surface area contributed by atoms with Gasteiger partial charge in [-0.05, 0) is 37.0 Å². The van der Waals surface area contributed by atoms with Crippen LogP contribution in [0.15, 0.2) is 54.6 Å². The van der Waals surface area contributed by atoms with Crippen LogP contribution in [0, 0.1) is 6.92 Å². The summed E-state index contributed by atoms with van der Waals surface area (Å²) in [6.45, 7) is 4.71. The molecule has 0 saturated heterocycles. The van der Waals surface area contributed by atoms with Crippen molar-refractivity contribution in [3.05, 3.63) is 71.3 Å². The van der Waals surface area contributed by atoms with Crippen LogP contribution in [0.2, 0.25) is 0 Å². The summed E-state index contributed by atoms with van der Waals surface area (Å²) in [5, 5.41) is 5.86. The summed E-state index contributed by atoms with van der Waals surface area (Å²) < 4.78 is 0. The van der Waals surface area contributed by atoms with E-state index in [9.17, 15) is 4.79 Å². The van der Waals surface area contributed by atoms with Crippen molar-refractivity contribution in [3.63, 3.8) is 0 Å². The Bertz CT molecular complexity index is 581. The van der Waals surface area contributed by atoms with E-state index >= 15 is 0 Å². The van der Waals surface area contributed by atoms with Gasteiger partial charge >= 0.3 is 6.03 Å². The molecule has 3 nitrogen and oxygen atoms in total. The second kappa shape index (κ2) is 7.48. The van der Waals surface area contributed by atoms with Crippen LogP contribution in [-0.2, 0) is 6.42 Å². The van der Waals surface area contributed by atoms with Crippen molar-refractivity contribution in [2.45, 2.75) is 26.3 Å². The number of urea groups is 1. The average Bonchev–Trinajstić information content (AvgIpc) is 2.50. The molecule has 2 aromatic rings. The lowest BCUT2D eigenvalue weighted by Gasteiger charge is -2.15. The number of hydrogen-bond acceptors (Lipinski definition) is 1. The molecule has 0 heterocycles. The fraction of sp³-hybridized carbons (Fsp3) is 0.278. The summed E-state index contributed by atoms with van der Waals surface area (Å²) in [7, 11) is 0. The van der Waals surface area contributed by atoms with E-state index in [0.717, 1.165) is 12.0 Å². The van der Waals surface area contributed by atoms with Gasteiger partial charge in [0.1, 0.15) is 0 Å². The number of amides is 2. The van der Waals surface area contributed by atoms with Crippen LogP contribution in [0.4, 0.5) is 4.79 Å². The van der Waals surface area contributed by atoms with Crippen LogP contribution in [-0.4, -0.2) is 12.6 Å². The predicted octanol–water partition coefficient (Wildman–Crippen LogP) is 3.60. The van der Waals surface area contributed by atoms with E-state index in [2.05, 4.69) is 29.7 Å². The summed E-state index contributed by atoms with van der Waals surface area (Å²) >= 11 is 0. The zero-order valence-corrected chi connectivity index (χ0v) is 12.6. The number of rotatable bonds is 5. The van der Waals surface area contributed by atoms with E-state index in [1.165, 1.54) is 11.1 Å². The number of carbonyl (C=O) groups is 1. The van der Waals surface area contributed by atoms with Gasteiger partial charge in [0.05, 0.1) is 6.04 Å². The Hall–Kier alpha value is -2.29. The quantitative estimate of drug-likeness (QED) is 0.864. The molecule has 2 aromatic carbocycles. The third-order valence-electron chi connectivity index (χ3n) is 3.59. The van der Waals surface area contributed by atoms with Crippen molar-refractivity contribution in [2.24, 2.45) is 0 Å². The van der Waals surface area contributed by atoms with E-state index in [1.54, 1.807) is 0 Å². The van der Waals surface area contributed by atoms with Gasteiger partial charge in [0.2, 0.25) is 0 Å². The molecule has 0 bridgehead atoms. The van der Waals surface area contributed by atoms with E-state index in [4.69, 9.17) is 0 Å². The van der Waals surface area contributed by atoms with Crippen LogP contribution in [0.3, 0.4) is 0 Å². The molecule has 110 valence electrons. The second-order valence-corrected chi connectivity index (χ2v) is 5.21. The molecule has 21 heavy (non-hydrogen) atoms. The van der Waals surface area contributed by atoms with Crippen molar-refractivity contribution < 1.29 is 4.79 Å². The van der Waals surface area contributed by atoms with Gasteiger partial charge in [0.25, 0.3) is 0 Å². The summed E-state index contributed by atoms with van der Waals surface area (Å²) in [5.41, 5.74) is 3.64. The zero-order valence-electron chi connectivity index (χ0n) is 12.6. The molecule has 0 saturated carbocycles. The standard InChI is InChI=1S/C18H22N2O/c1-14-8-6-7-9-16(14)12-13-19-18(21)20-15(2)17-10-4-3-5-11-17/h3-11,15H,12-13H2,1-2H3,(H2,19,20,21). The van der Waals surface area contributed by atoms with Crippen LogP contribution < -0.4 is 10.6 Å². The topological polar surface area (TPSA) is 41.1 Å². The molecular formula is C18H22N2O. The fourth-order valence-electron chi connectivity index (χ4n) is 2.27. The lowest BCUT2D eigenvalue weighted by Crippen LogP contribution is -2.38. The van der Waals surface area contributed by atoms with Gasteiger partial charge in [0.15, 0.2) is 0 Å². The average molecular weight is 282 g/mol. The zero-order chi connectivity index (χ0) is 15.1. The third-order valence-corrected chi connectivity index (χ3v) is 3.59. The normalized spacial score (nSPS) is 11.7. The van der Waals surface area contributed by atoms with Crippen LogP contribution >= 0.6 is 0 Å². The molecule has 0 radical (unpaired) electrons. The Labute approximate surface area is 126 Å². The van der Waals surface area contributed by atoms with E-state index in [0.29, 0.717) is 6.54 Å². The van der Waals surface area contributed by atoms with Crippen molar-refractivity contribution in [3.8, 4) is 0 Å². The SMILES string of the molecule is Cc1ccccc1CCNC(=O)NC(C)c1ccccc1. The molecule has 0 fully saturated rings. The molecule has 1 unspecified atom stereocenters. The van der Waals surface area contributed by atoms with Gasteiger partial charge in [0, 0.05) is 6.54 Å². The Morgan fingerprint density at radius 3 is 2.43 bits per heavy atom. The predicted molar refractivity (Wildman–Crippen MR) is 86.3 cm³/mol. The number of hydrogen-bond donors (Lipinski definition) is 2. The Kier molecular flexibility index (Phi) is 5.38. The van der Waals surface area contributed by atoms with Crippen LogP contribution in [0.1, 0.15) is 29.7 Å². The number of benzene rings is 2. The summed E-state index contributed by atoms with van der Waals surface area (Å²) in [6, 6.07) is 18.1. The molecule has 2 rings (SSSR count).